The maximum absolute atomic E-state index is 12.4. The molecule has 0 aromatic heterocycles. The normalized spacial score (nSPS) is 11.6. The van der Waals surface area contributed by atoms with Gasteiger partial charge in [-0.15, -0.1) is 0 Å². The fraction of sp³-hybridized carbons (Fsp3) is 0.833. The summed E-state index contributed by atoms with van der Waals surface area (Å²) in [6.07, 6.45) is 1.60. The highest BCUT2D eigenvalue weighted by Crippen LogP contribution is 2.05. The number of methoxy groups -OCH3 is 2. The van der Waals surface area contributed by atoms with Crippen LogP contribution in [0, 0.1) is 0 Å². The van der Waals surface area contributed by atoms with Crippen LogP contribution in [0.15, 0.2) is 0 Å². The van der Waals surface area contributed by atoms with Gasteiger partial charge in [0.25, 0.3) is 0 Å². The fourth-order valence-electron chi connectivity index (χ4n) is 2.40. The molecule has 0 bridgehead atoms. The molecule has 1 unspecified atom stereocenters. The van der Waals surface area contributed by atoms with Gasteiger partial charge in [0.1, 0.15) is 6.04 Å². The van der Waals surface area contributed by atoms with E-state index in [9.17, 15) is 14.4 Å². The number of nitrogens with one attached hydrogen (secondary N) is 3. The SMILES string of the molecule is CCOC(CCCNC(=O)C(CCCCNC(=O)OC)NC(=O)OC)OCC. The lowest BCUT2D eigenvalue weighted by Crippen LogP contribution is -2.47. The Labute approximate surface area is 167 Å². The zero-order valence-electron chi connectivity index (χ0n) is 17.4. The van der Waals surface area contributed by atoms with Gasteiger partial charge in [-0.05, 0) is 39.5 Å². The molecule has 0 spiro atoms. The minimum atomic E-state index is -0.708. The number of hydrogen-bond donors (Lipinski definition) is 3. The smallest absolute Gasteiger partial charge is 0.407 e. The van der Waals surface area contributed by atoms with Gasteiger partial charge >= 0.3 is 12.2 Å². The molecular formula is C18H35N3O7. The molecule has 0 fully saturated rings. The molecule has 0 aliphatic rings. The molecule has 10 nitrogen and oxygen atoms in total. The quantitative estimate of drug-likeness (QED) is 0.279. The van der Waals surface area contributed by atoms with Crippen molar-refractivity contribution in [2.75, 3.05) is 40.5 Å². The molecule has 10 heteroatoms. The van der Waals surface area contributed by atoms with Crippen LogP contribution in [0.4, 0.5) is 9.59 Å². The van der Waals surface area contributed by atoms with Crippen molar-refractivity contribution >= 4 is 18.1 Å². The van der Waals surface area contributed by atoms with Crippen molar-refractivity contribution in [2.45, 2.75) is 58.3 Å². The number of rotatable bonds is 15. The highest BCUT2D eigenvalue weighted by Gasteiger charge is 2.20. The van der Waals surface area contributed by atoms with Gasteiger partial charge in [-0.25, -0.2) is 9.59 Å². The van der Waals surface area contributed by atoms with E-state index < -0.39 is 18.2 Å². The molecule has 164 valence electrons. The average molecular weight is 405 g/mol. The van der Waals surface area contributed by atoms with E-state index in [0.29, 0.717) is 58.4 Å². The number of carbonyl (C=O) groups is 3. The van der Waals surface area contributed by atoms with Crippen molar-refractivity contribution in [2.24, 2.45) is 0 Å². The molecule has 1 atom stereocenters. The Bertz CT molecular complexity index is 443. The molecule has 0 aromatic rings. The van der Waals surface area contributed by atoms with E-state index >= 15 is 0 Å². The van der Waals surface area contributed by atoms with Gasteiger partial charge in [-0.3, -0.25) is 4.79 Å². The predicted molar refractivity (Wildman–Crippen MR) is 103 cm³/mol. The summed E-state index contributed by atoms with van der Waals surface area (Å²) >= 11 is 0. The van der Waals surface area contributed by atoms with Gasteiger partial charge in [0, 0.05) is 32.7 Å². The number of unbranched alkanes of at least 4 members (excludes halogenated alkanes) is 1. The topological polar surface area (TPSA) is 124 Å². The van der Waals surface area contributed by atoms with Crippen LogP contribution in [0.1, 0.15) is 46.0 Å². The number of ether oxygens (including phenoxy) is 4. The molecule has 0 aliphatic heterocycles. The largest absolute Gasteiger partial charge is 0.453 e. The Morgan fingerprint density at radius 2 is 1.39 bits per heavy atom. The minimum absolute atomic E-state index is 0.279. The summed E-state index contributed by atoms with van der Waals surface area (Å²) in [5.41, 5.74) is 0. The lowest BCUT2D eigenvalue weighted by Gasteiger charge is -2.19. The van der Waals surface area contributed by atoms with Crippen LogP contribution in [0.2, 0.25) is 0 Å². The maximum Gasteiger partial charge on any atom is 0.407 e. The predicted octanol–water partition coefficient (Wildman–Crippen LogP) is 1.53. The maximum atomic E-state index is 12.4. The Morgan fingerprint density at radius 1 is 0.786 bits per heavy atom. The van der Waals surface area contributed by atoms with E-state index in [1.54, 1.807) is 0 Å². The number of hydrogen-bond acceptors (Lipinski definition) is 7. The summed E-state index contributed by atoms with van der Waals surface area (Å²) < 4.78 is 20.0. The van der Waals surface area contributed by atoms with E-state index in [4.69, 9.17) is 9.47 Å². The number of carbonyl (C=O) groups excluding carboxylic acids is 3. The van der Waals surface area contributed by atoms with Crippen molar-refractivity contribution < 1.29 is 33.3 Å². The van der Waals surface area contributed by atoms with Gasteiger partial charge in [0.05, 0.1) is 14.2 Å². The third-order valence-electron chi connectivity index (χ3n) is 3.79. The lowest BCUT2D eigenvalue weighted by molar-refractivity contribution is -0.140. The van der Waals surface area contributed by atoms with Crippen LogP contribution in [0.5, 0.6) is 0 Å². The first-order valence-corrected chi connectivity index (χ1v) is 9.65. The molecule has 0 heterocycles. The Kier molecular flexibility index (Phi) is 15.8. The van der Waals surface area contributed by atoms with Gasteiger partial charge in [0.2, 0.25) is 5.91 Å². The van der Waals surface area contributed by atoms with Crippen LogP contribution >= 0.6 is 0 Å². The highest BCUT2D eigenvalue weighted by atomic mass is 16.7. The summed E-state index contributed by atoms with van der Waals surface area (Å²) in [6, 6.07) is -0.708. The van der Waals surface area contributed by atoms with Crippen LogP contribution < -0.4 is 16.0 Å². The minimum Gasteiger partial charge on any atom is -0.453 e. The standard InChI is InChI=1S/C18H35N3O7/c1-5-27-15(28-6-2)11-9-13-19-16(22)14(21-18(24)26-4)10-7-8-12-20-17(23)25-3/h14-15H,5-13H2,1-4H3,(H,19,22)(H,20,23)(H,21,24). The Morgan fingerprint density at radius 3 is 1.96 bits per heavy atom. The molecule has 0 rings (SSSR count). The van der Waals surface area contributed by atoms with E-state index in [1.807, 2.05) is 13.8 Å². The van der Waals surface area contributed by atoms with Crippen LogP contribution in [0.25, 0.3) is 0 Å². The second-order valence-electron chi connectivity index (χ2n) is 5.88. The molecule has 28 heavy (non-hydrogen) atoms. The Hall–Kier alpha value is -2.07. The highest BCUT2D eigenvalue weighted by molar-refractivity contribution is 5.85. The van der Waals surface area contributed by atoms with Crippen LogP contribution in [0.3, 0.4) is 0 Å². The van der Waals surface area contributed by atoms with Gasteiger partial charge in [-0.1, -0.05) is 0 Å². The molecular weight excluding hydrogens is 370 g/mol. The third kappa shape index (κ3) is 13.2. The first-order chi connectivity index (χ1) is 13.5. The molecule has 0 saturated heterocycles. The molecule has 0 aliphatic carbocycles. The van der Waals surface area contributed by atoms with Gasteiger partial charge in [-0.2, -0.15) is 0 Å². The zero-order chi connectivity index (χ0) is 21.2. The molecule has 3 amide bonds. The summed E-state index contributed by atoms with van der Waals surface area (Å²) in [4.78, 5) is 34.9. The summed E-state index contributed by atoms with van der Waals surface area (Å²) in [5.74, 6) is -0.282. The van der Waals surface area contributed by atoms with Crippen LogP contribution in [-0.2, 0) is 23.7 Å². The van der Waals surface area contributed by atoms with Crippen molar-refractivity contribution in [3.05, 3.63) is 0 Å². The molecule has 0 saturated carbocycles. The molecule has 0 radical (unpaired) electrons. The lowest BCUT2D eigenvalue weighted by atomic mass is 10.1. The average Bonchev–Trinajstić information content (AvgIpc) is 2.69. The summed E-state index contributed by atoms with van der Waals surface area (Å²) in [7, 11) is 2.53. The molecule has 0 aromatic carbocycles. The summed E-state index contributed by atoms with van der Waals surface area (Å²) in [5, 5.41) is 7.91. The number of amides is 3. The van der Waals surface area contributed by atoms with Crippen LogP contribution in [-0.4, -0.2) is 70.9 Å². The fourth-order valence-corrected chi connectivity index (χ4v) is 2.40. The van der Waals surface area contributed by atoms with Crippen molar-refractivity contribution in [3.63, 3.8) is 0 Å². The van der Waals surface area contributed by atoms with Gasteiger partial charge < -0.3 is 34.9 Å². The van der Waals surface area contributed by atoms with E-state index in [-0.39, 0.29) is 12.2 Å². The van der Waals surface area contributed by atoms with E-state index in [1.165, 1.54) is 14.2 Å². The number of alkyl carbamates (subject to hydrolysis) is 2. The van der Waals surface area contributed by atoms with Crippen molar-refractivity contribution in [1.82, 2.24) is 16.0 Å². The second-order valence-corrected chi connectivity index (χ2v) is 5.88. The first-order valence-electron chi connectivity index (χ1n) is 9.65. The monoisotopic (exact) mass is 405 g/mol. The summed E-state index contributed by atoms with van der Waals surface area (Å²) in [6.45, 7) is 5.79. The zero-order valence-corrected chi connectivity index (χ0v) is 17.4. The van der Waals surface area contributed by atoms with Gasteiger partial charge in [0.15, 0.2) is 6.29 Å². The molecule has 3 N–H and O–H groups in total. The van der Waals surface area contributed by atoms with E-state index in [0.717, 1.165) is 0 Å². The van der Waals surface area contributed by atoms with E-state index in [2.05, 4.69) is 25.4 Å². The van der Waals surface area contributed by atoms with Crippen molar-refractivity contribution in [3.8, 4) is 0 Å². The van der Waals surface area contributed by atoms with Crippen molar-refractivity contribution in [1.29, 1.82) is 0 Å². The third-order valence-corrected chi connectivity index (χ3v) is 3.79. The second kappa shape index (κ2) is 17.1. The first kappa shape index (κ1) is 25.9. The Balaban J connectivity index is 4.29.